The van der Waals surface area contributed by atoms with Crippen molar-refractivity contribution in [3.05, 3.63) is 35.9 Å². The molecule has 20 heavy (non-hydrogen) atoms. The Morgan fingerprint density at radius 1 is 1.35 bits per heavy atom. The van der Waals surface area contributed by atoms with Gasteiger partial charge in [0, 0.05) is 24.9 Å². The molecule has 1 heterocycles. The lowest BCUT2D eigenvalue weighted by Crippen LogP contribution is -2.34. The number of amides is 1. The molecule has 1 atom stereocenters. The van der Waals surface area contributed by atoms with E-state index >= 15 is 0 Å². The number of anilines is 1. The summed E-state index contributed by atoms with van der Waals surface area (Å²) in [7, 11) is 0. The smallest absolute Gasteiger partial charge is 0.311 e. The van der Waals surface area contributed by atoms with E-state index in [1.54, 1.807) is 30.0 Å². The van der Waals surface area contributed by atoms with Crippen LogP contribution in [-0.2, 0) is 9.59 Å². The molecule has 0 spiro atoms. The highest BCUT2D eigenvalue weighted by Gasteiger charge is 2.41. The van der Waals surface area contributed by atoms with E-state index in [9.17, 15) is 9.59 Å². The molecule has 106 valence electrons. The van der Waals surface area contributed by atoms with Gasteiger partial charge in [-0.05, 0) is 37.1 Å². The first-order chi connectivity index (χ1) is 9.40. The van der Waals surface area contributed by atoms with Gasteiger partial charge >= 0.3 is 5.97 Å². The van der Waals surface area contributed by atoms with Crippen LogP contribution in [0.2, 0.25) is 0 Å². The third-order valence-electron chi connectivity index (χ3n) is 3.66. The maximum atomic E-state index is 12.0. The van der Waals surface area contributed by atoms with Crippen LogP contribution in [0.4, 0.5) is 5.69 Å². The van der Waals surface area contributed by atoms with Crippen molar-refractivity contribution in [2.24, 2.45) is 5.41 Å². The third kappa shape index (κ3) is 2.99. The summed E-state index contributed by atoms with van der Waals surface area (Å²) in [5, 5.41) is 9.14. The molecule has 0 bridgehead atoms. The van der Waals surface area contributed by atoms with Gasteiger partial charge in [-0.1, -0.05) is 12.1 Å². The molecule has 1 aromatic carbocycles. The highest BCUT2D eigenvalue weighted by Crippen LogP contribution is 2.30. The van der Waals surface area contributed by atoms with Crippen molar-refractivity contribution in [3.8, 4) is 0 Å². The molecule has 1 aliphatic rings. The maximum absolute atomic E-state index is 12.0. The molecule has 1 fully saturated rings. The van der Waals surface area contributed by atoms with Crippen molar-refractivity contribution < 1.29 is 14.7 Å². The van der Waals surface area contributed by atoms with Gasteiger partial charge in [0.2, 0.25) is 5.91 Å². The number of hydrogen-bond acceptors (Lipinski definition) is 3. The molecular weight excluding hydrogens is 256 g/mol. The lowest BCUT2D eigenvalue weighted by atomic mass is 9.90. The van der Waals surface area contributed by atoms with Gasteiger partial charge < -0.3 is 15.7 Å². The highest BCUT2D eigenvalue weighted by atomic mass is 16.4. The van der Waals surface area contributed by atoms with E-state index in [1.807, 2.05) is 12.1 Å². The van der Waals surface area contributed by atoms with Crippen LogP contribution in [0.5, 0.6) is 0 Å². The number of nitrogen functional groups attached to an aromatic ring is 1. The number of benzene rings is 1. The van der Waals surface area contributed by atoms with Gasteiger partial charge in [0.25, 0.3) is 0 Å². The Kier molecular flexibility index (Phi) is 3.79. The number of nitrogens with two attached hydrogens (primary N) is 1. The topological polar surface area (TPSA) is 83.6 Å². The fourth-order valence-corrected chi connectivity index (χ4v) is 2.20. The zero-order valence-corrected chi connectivity index (χ0v) is 11.4. The number of likely N-dealkylation sites (tertiary alicyclic amines) is 1. The first-order valence-corrected chi connectivity index (χ1v) is 6.47. The monoisotopic (exact) mass is 274 g/mol. The number of carbonyl (C=O) groups excluding carboxylic acids is 1. The molecule has 1 amide bonds. The molecule has 1 saturated heterocycles. The Bertz CT molecular complexity index is 551. The molecule has 2 rings (SSSR count). The van der Waals surface area contributed by atoms with Gasteiger partial charge in [-0.25, -0.2) is 0 Å². The second-order valence-corrected chi connectivity index (χ2v) is 5.38. The molecule has 3 N–H and O–H groups in total. The molecule has 5 heteroatoms. The Balaban J connectivity index is 1.99. The molecule has 0 saturated carbocycles. The SMILES string of the molecule is CC1(C(=O)O)CCN(C(=O)/C=C/c2ccc(N)cc2)C1. The van der Waals surface area contributed by atoms with Gasteiger partial charge in [-0.2, -0.15) is 0 Å². The molecule has 0 aliphatic carbocycles. The van der Waals surface area contributed by atoms with Crippen LogP contribution in [0.1, 0.15) is 18.9 Å². The number of nitrogens with zero attached hydrogens (tertiary/aromatic N) is 1. The van der Waals surface area contributed by atoms with Gasteiger partial charge in [0.15, 0.2) is 0 Å². The summed E-state index contributed by atoms with van der Waals surface area (Å²) >= 11 is 0. The average molecular weight is 274 g/mol. The Hall–Kier alpha value is -2.30. The minimum Gasteiger partial charge on any atom is -0.481 e. The van der Waals surface area contributed by atoms with Crippen LogP contribution < -0.4 is 5.73 Å². The highest BCUT2D eigenvalue weighted by molar-refractivity contribution is 5.92. The summed E-state index contributed by atoms with van der Waals surface area (Å²) < 4.78 is 0. The summed E-state index contributed by atoms with van der Waals surface area (Å²) in [6.45, 7) is 2.41. The van der Waals surface area contributed by atoms with Crippen LogP contribution in [0.25, 0.3) is 6.08 Å². The second-order valence-electron chi connectivity index (χ2n) is 5.38. The predicted octanol–water partition coefficient (Wildman–Crippen LogP) is 1.61. The normalized spacial score (nSPS) is 22.4. The zero-order valence-electron chi connectivity index (χ0n) is 11.4. The average Bonchev–Trinajstić information content (AvgIpc) is 2.82. The van der Waals surface area contributed by atoms with Crippen LogP contribution in [0.3, 0.4) is 0 Å². The minimum absolute atomic E-state index is 0.160. The van der Waals surface area contributed by atoms with Crippen LogP contribution in [-0.4, -0.2) is 35.0 Å². The lowest BCUT2D eigenvalue weighted by Gasteiger charge is -2.18. The Labute approximate surface area is 117 Å². The van der Waals surface area contributed by atoms with Gasteiger partial charge in [-0.15, -0.1) is 0 Å². The van der Waals surface area contributed by atoms with E-state index in [4.69, 9.17) is 10.8 Å². The van der Waals surface area contributed by atoms with Gasteiger partial charge in [0.1, 0.15) is 0 Å². The van der Waals surface area contributed by atoms with Crippen molar-refractivity contribution in [3.63, 3.8) is 0 Å². The first kappa shape index (κ1) is 14.1. The summed E-state index contributed by atoms with van der Waals surface area (Å²) in [5.41, 5.74) is 6.31. The minimum atomic E-state index is -0.852. The first-order valence-electron chi connectivity index (χ1n) is 6.47. The number of hydrogen-bond donors (Lipinski definition) is 2. The number of carboxylic acid groups (broad SMARTS) is 1. The molecular formula is C15H18N2O3. The molecule has 0 radical (unpaired) electrons. The lowest BCUT2D eigenvalue weighted by molar-refractivity contribution is -0.147. The van der Waals surface area contributed by atoms with E-state index in [0.717, 1.165) is 5.56 Å². The quantitative estimate of drug-likeness (QED) is 0.648. The van der Waals surface area contributed by atoms with Crippen molar-refractivity contribution in [1.29, 1.82) is 0 Å². The zero-order chi connectivity index (χ0) is 14.8. The third-order valence-corrected chi connectivity index (χ3v) is 3.66. The van der Waals surface area contributed by atoms with Crippen molar-refractivity contribution in [2.45, 2.75) is 13.3 Å². The summed E-state index contributed by atoms with van der Waals surface area (Å²) in [6.07, 6.45) is 3.67. The van der Waals surface area contributed by atoms with Gasteiger partial charge in [0.05, 0.1) is 5.41 Å². The molecule has 1 aromatic rings. The van der Waals surface area contributed by atoms with E-state index in [0.29, 0.717) is 18.7 Å². The van der Waals surface area contributed by atoms with Crippen LogP contribution in [0.15, 0.2) is 30.3 Å². The summed E-state index contributed by atoms with van der Waals surface area (Å²) in [6, 6.07) is 7.18. The van der Waals surface area contributed by atoms with Crippen molar-refractivity contribution in [1.82, 2.24) is 4.90 Å². The summed E-state index contributed by atoms with van der Waals surface area (Å²) in [4.78, 5) is 24.7. The molecule has 1 aliphatic heterocycles. The fourth-order valence-electron chi connectivity index (χ4n) is 2.20. The largest absolute Gasteiger partial charge is 0.481 e. The van der Waals surface area contributed by atoms with Crippen LogP contribution in [0, 0.1) is 5.41 Å². The molecule has 1 unspecified atom stereocenters. The molecule has 5 nitrogen and oxygen atoms in total. The Morgan fingerprint density at radius 3 is 2.55 bits per heavy atom. The maximum Gasteiger partial charge on any atom is 0.311 e. The fraction of sp³-hybridized carbons (Fsp3) is 0.333. The number of aliphatic carboxylic acids is 1. The van der Waals surface area contributed by atoms with Crippen LogP contribution >= 0.6 is 0 Å². The van der Waals surface area contributed by atoms with E-state index in [2.05, 4.69) is 0 Å². The summed E-state index contributed by atoms with van der Waals surface area (Å²) in [5.74, 6) is -1.01. The van der Waals surface area contributed by atoms with E-state index in [1.165, 1.54) is 6.08 Å². The second kappa shape index (κ2) is 5.36. The molecule has 0 aromatic heterocycles. The number of carboxylic acids is 1. The van der Waals surface area contributed by atoms with Crippen molar-refractivity contribution >= 4 is 23.6 Å². The van der Waals surface area contributed by atoms with E-state index in [-0.39, 0.29) is 12.5 Å². The Morgan fingerprint density at radius 2 is 2.00 bits per heavy atom. The van der Waals surface area contributed by atoms with Gasteiger partial charge in [-0.3, -0.25) is 9.59 Å². The van der Waals surface area contributed by atoms with E-state index < -0.39 is 11.4 Å². The standard InChI is InChI=1S/C15H18N2O3/c1-15(14(19)20)8-9-17(10-15)13(18)7-4-11-2-5-12(16)6-3-11/h2-7H,8-10,16H2,1H3,(H,19,20)/b7-4+. The van der Waals surface area contributed by atoms with Crippen molar-refractivity contribution in [2.75, 3.05) is 18.8 Å². The number of carbonyl (C=O) groups is 2. The predicted molar refractivity (Wildman–Crippen MR) is 76.8 cm³/mol. The number of rotatable bonds is 3.